The highest BCUT2D eigenvalue weighted by Gasteiger charge is 2.18. The van der Waals surface area contributed by atoms with Crippen LogP contribution in [0.4, 0.5) is 5.69 Å². The van der Waals surface area contributed by atoms with Crippen molar-refractivity contribution in [2.75, 3.05) is 0 Å². The van der Waals surface area contributed by atoms with E-state index in [1.165, 1.54) is 23.9 Å². The fourth-order valence-electron chi connectivity index (χ4n) is 2.00. The van der Waals surface area contributed by atoms with Gasteiger partial charge in [-0.3, -0.25) is 14.9 Å². The number of nitro groups is 1. The first-order valence-electron chi connectivity index (χ1n) is 7.07. The van der Waals surface area contributed by atoms with E-state index in [1.807, 2.05) is 26.0 Å². The van der Waals surface area contributed by atoms with Gasteiger partial charge < -0.3 is 4.74 Å². The van der Waals surface area contributed by atoms with Gasteiger partial charge in [-0.1, -0.05) is 17.7 Å². The zero-order valence-electron chi connectivity index (χ0n) is 13.1. The number of hydrogen-bond donors (Lipinski definition) is 0. The fourth-order valence-corrected chi connectivity index (χ4v) is 2.85. The van der Waals surface area contributed by atoms with Crippen molar-refractivity contribution in [3.05, 3.63) is 63.7 Å². The number of non-ortho nitro benzene ring substituents is 1. The van der Waals surface area contributed by atoms with E-state index >= 15 is 0 Å². The number of hydrogen-bond acceptors (Lipinski definition) is 5. The lowest BCUT2D eigenvalue weighted by Gasteiger charge is -2.12. The molecular formula is C17H17NO4S. The van der Waals surface area contributed by atoms with Crippen LogP contribution in [0.2, 0.25) is 0 Å². The van der Waals surface area contributed by atoms with Gasteiger partial charge in [-0.05, 0) is 44.5 Å². The second-order valence-corrected chi connectivity index (χ2v) is 6.62. The second-order valence-electron chi connectivity index (χ2n) is 5.20. The van der Waals surface area contributed by atoms with Crippen molar-refractivity contribution in [2.24, 2.45) is 0 Å². The molecular weight excluding hydrogens is 314 g/mol. The van der Waals surface area contributed by atoms with E-state index < -0.39 is 10.2 Å². The van der Waals surface area contributed by atoms with Crippen LogP contribution in [-0.4, -0.2) is 16.1 Å². The fraction of sp³-hybridized carbons (Fsp3) is 0.235. The molecule has 1 unspecified atom stereocenters. The molecule has 6 heteroatoms. The summed E-state index contributed by atoms with van der Waals surface area (Å²) in [5, 5.41) is 10.2. The Morgan fingerprint density at radius 1 is 1.17 bits per heavy atom. The van der Waals surface area contributed by atoms with Crippen molar-refractivity contribution in [3.8, 4) is 5.75 Å². The summed E-state index contributed by atoms with van der Waals surface area (Å²) >= 11 is 1.30. The van der Waals surface area contributed by atoms with Crippen molar-refractivity contribution in [3.63, 3.8) is 0 Å². The molecule has 2 aromatic carbocycles. The Morgan fingerprint density at radius 2 is 1.83 bits per heavy atom. The molecule has 0 bridgehead atoms. The maximum absolute atomic E-state index is 12.2. The third-order valence-electron chi connectivity index (χ3n) is 3.23. The highest BCUT2D eigenvalue weighted by Crippen LogP contribution is 2.27. The zero-order valence-corrected chi connectivity index (χ0v) is 13.9. The van der Waals surface area contributed by atoms with Crippen LogP contribution in [0, 0.1) is 24.0 Å². The first kappa shape index (κ1) is 17.0. The smallest absolute Gasteiger partial charge is 0.324 e. The molecule has 0 spiro atoms. The number of benzene rings is 2. The second kappa shape index (κ2) is 7.28. The predicted molar refractivity (Wildman–Crippen MR) is 90.0 cm³/mol. The average Bonchev–Trinajstić information content (AvgIpc) is 2.50. The molecule has 0 N–H and O–H groups in total. The van der Waals surface area contributed by atoms with Crippen LogP contribution in [0.15, 0.2) is 47.4 Å². The molecule has 2 aromatic rings. The molecule has 0 heterocycles. The summed E-state index contributed by atoms with van der Waals surface area (Å²) < 4.78 is 5.43. The quantitative estimate of drug-likeness (QED) is 0.269. The Morgan fingerprint density at radius 3 is 2.39 bits per heavy atom. The summed E-state index contributed by atoms with van der Waals surface area (Å²) in [4.78, 5) is 23.1. The molecule has 23 heavy (non-hydrogen) atoms. The molecule has 120 valence electrons. The van der Waals surface area contributed by atoms with Gasteiger partial charge in [0.05, 0.1) is 4.92 Å². The van der Waals surface area contributed by atoms with E-state index in [9.17, 15) is 14.9 Å². The Kier molecular flexibility index (Phi) is 5.39. The molecule has 0 fully saturated rings. The molecule has 0 radical (unpaired) electrons. The van der Waals surface area contributed by atoms with Gasteiger partial charge in [0.2, 0.25) is 0 Å². The lowest BCUT2D eigenvalue weighted by Crippen LogP contribution is -2.20. The number of esters is 1. The van der Waals surface area contributed by atoms with E-state index in [1.54, 1.807) is 25.1 Å². The van der Waals surface area contributed by atoms with Crippen LogP contribution >= 0.6 is 11.8 Å². The van der Waals surface area contributed by atoms with Gasteiger partial charge in [-0.25, -0.2) is 0 Å². The van der Waals surface area contributed by atoms with Gasteiger partial charge in [0.25, 0.3) is 5.69 Å². The largest absolute Gasteiger partial charge is 0.425 e. The number of aryl methyl sites for hydroxylation is 2. The van der Waals surface area contributed by atoms with Gasteiger partial charge in [0.1, 0.15) is 11.0 Å². The SMILES string of the molecule is Cc1ccc(OC(=O)C(C)Sc2ccc([N+](=O)[O-])cc2)c(C)c1. The Labute approximate surface area is 138 Å². The summed E-state index contributed by atoms with van der Waals surface area (Å²) in [5.74, 6) is 0.206. The van der Waals surface area contributed by atoms with Crippen molar-refractivity contribution < 1.29 is 14.5 Å². The maximum Gasteiger partial charge on any atom is 0.324 e. The van der Waals surface area contributed by atoms with Gasteiger partial charge in [0.15, 0.2) is 0 Å². The van der Waals surface area contributed by atoms with Crippen molar-refractivity contribution in [1.82, 2.24) is 0 Å². The summed E-state index contributed by atoms with van der Waals surface area (Å²) in [5.41, 5.74) is 2.04. The minimum atomic E-state index is -0.452. The molecule has 5 nitrogen and oxygen atoms in total. The molecule has 2 rings (SSSR count). The van der Waals surface area contributed by atoms with E-state index in [-0.39, 0.29) is 11.7 Å². The molecule has 0 saturated carbocycles. The van der Waals surface area contributed by atoms with Crippen molar-refractivity contribution in [2.45, 2.75) is 30.9 Å². The molecule has 0 saturated heterocycles. The average molecular weight is 331 g/mol. The van der Waals surface area contributed by atoms with E-state index in [2.05, 4.69) is 0 Å². The molecule has 1 atom stereocenters. The summed E-state index contributed by atoms with van der Waals surface area (Å²) in [6.45, 7) is 5.62. The normalized spacial score (nSPS) is 11.8. The summed E-state index contributed by atoms with van der Waals surface area (Å²) in [7, 11) is 0. The van der Waals surface area contributed by atoms with Gasteiger partial charge >= 0.3 is 5.97 Å². The van der Waals surface area contributed by atoms with Crippen molar-refractivity contribution in [1.29, 1.82) is 0 Å². The first-order chi connectivity index (χ1) is 10.9. The lowest BCUT2D eigenvalue weighted by atomic mass is 10.1. The third-order valence-corrected chi connectivity index (χ3v) is 4.32. The number of ether oxygens (including phenoxy) is 1. The minimum absolute atomic E-state index is 0.0276. The van der Waals surface area contributed by atoms with Crippen LogP contribution in [0.1, 0.15) is 18.1 Å². The van der Waals surface area contributed by atoms with Crippen LogP contribution in [0.5, 0.6) is 5.75 Å². The standard InChI is InChI=1S/C17H17NO4S/c1-11-4-9-16(12(2)10-11)22-17(19)13(3)23-15-7-5-14(6-8-15)18(20)21/h4-10,13H,1-3H3. The Bertz CT molecular complexity index is 728. The topological polar surface area (TPSA) is 69.4 Å². The van der Waals surface area contributed by atoms with Gasteiger partial charge in [-0.2, -0.15) is 0 Å². The number of thioether (sulfide) groups is 1. The first-order valence-corrected chi connectivity index (χ1v) is 7.95. The monoisotopic (exact) mass is 331 g/mol. The van der Waals surface area contributed by atoms with Crippen LogP contribution in [0.25, 0.3) is 0 Å². The van der Waals surface area contributed by atoms with Gasteiger partial charge in [-0.15, -0.1) is 11.8 Å². The molecule has 0 aliphatic heterocycles. The van der Waals surface area contributed by atoms with E-state index in [0.717, 1.165) is 16.0 Å². The van der Waals surface area contributed by atoms with Gasteiger partial charge in [0, 0.05) is 17.0 Å². The third kappa shape index (κ3) is 4.56. The molecule has 0 aliphatic carbocycles. The van der Waals surface area contributed by atoms with Crippen LogP contribution < -0.4 is 4.74 Å². The maximum atomic E-state index is 12.2. The lowest BCUT2D eigenvalue weighted by molar-refractivity contribution is -0.384. The predicted octanol–water partition coefficient (Wildman–Crippen LogP) is 4.30. The highest BCUT2D eigenvalue weighted by molar-refractivity contribution is 8.00. The van der Waals surface area contributed by atoms with Crippen LogP contribution in [-0.2, 0) is 4.79 Å². The van der Waals surface area contributed by atoms with E-state index in [0.29, 0.717) is 5.75 Å². The minimum Gasteiger partial charge on any atom is -0.425 e. The number of carbonyl (C=O) groups excluding carboxylic acids is 1. The summed E-state index contributed by atoms with van der Waals surface area (Å²) in [6, 6.07) is 11.7. The molecule has 0 aliphatic rings. The number of nitrogens with zero attached hydrogens (tertiary/aromatic N) is 1. The molecule has 0 aromatic heterocycles. The molecule has 0 amide bonds. The zero-order chi connectivity index (χ0) is 17.0. The van der Waals surface area contributed by atoms with E-state index in [4.69, 9.17) is 4.74 Å². The highest BCUT2D eigenvalue weighted by atomic mass is 32.2. The Balaban J connectivity index is 2.00. The number of nitro benzene ring substituents is 1. The van der Waals surface area contributed by atoms with Crippen LogP contribution in [0.3, 0.4) is 0 Å². The van der Waals surface area contributed by atoms with Crippen molar-refractivity contribution >= 4 is 23.4 Å². The number of rotatable bonds is 5. The number of carbonyl (C=O) groups is 1. The summed E-state index contributed by atoms with van der Waals surface area (Å²) in [6.07, 6.45) is 0. The Hall–Kier alpha value is -2.34.